The summed E-state index contributed by atoms with van der Waals surface area (Å²) in [6.07, 6.45) is 0. The second kappa shape index (κ2) is 15.4. The minimum Gasteiger partial charge on any atom is -0.453 e. The largest absolute Gasteiger partial charge is 0.453 e. The van der Waals surface area contributed by atoms with Crippen LogP contribution in [-0.2, 0) is 5.41 Å². The number of hydrogen-bond donors (Lipinski definition) is 0. The topological polar surface area (TPSA) is 21.3 Å². The number of anilines is 3. The Labute approximate surface area is 418 Å². The second-order valence-corrected chi connectivity index (χ2v) is 19.9. The van der Waals surface area contributed by atoms with Crippen LogP contribution in [0.3, 0.4) is 0 Å². The van der Waals surface area contributed by atoms with Crippen molar-refractivity contribution in [1.29, 1.82) is 0 Å². The van der Waals surface area contributed by atoms with Gasteiger partial charge in [-0.3, -0.25) is 0 Å². The predicted octanol–water partition coefficient (Wildman–Crippen LogP) is 19.1. The van der Waals surface area contributed by atoms with E-state index in [2.05, 4.69) is 266 Å². The lowest BCUT2D eigenvalue weighted by Gasteiger charge is -2.32. The number of aromatic nitrogens is 1. The number of hydrogen-bond acceptors (Lipinski definition) is 2. The Morgan fingerprint density at radius 1 is 0.347 bits per heavy atom. The summed E-state index contributed by atoms with van der Waals surface area (Å²) in [5.74, 6) is 0. The molecule has 72 heavy (non-hydrogen) atoms. The summed E-state index contributed by atoms with van der Waals surface area (Å²) in [5.41, 5.74) is 25.2. The van der Waals surface area contributed by atoms with Gasteiger partial charge in [0, 0.05) is 49.5 Å². The fraction of sp³-hybridized carbons (Fsp3) is 0.0435. The quantitative estimate of drug-likeness (QED) is 0.172. The van der Waals surface area contributed by atoms with Crippen molar-refractivity contribution in [2.75, 3.05) is 4.90 Å². The van der Waals surface area contributed by atoms with Gasteiger partial charge in [-0.15, -0.1) is 0 Å². The van der Waals surface area contributed by atoms with Gasteiger partial charge in [0.05, 0.1) is 22.4 Å². The zero-order chi connectivity index (χ0) is 47.7. The predicted molar refractivity (Wildman–Crippen MR) is 301 cm³/mol. The van der Waals surface area contributed by atoms with E-state index in [-0.39, 0.29) is 5.41 Å². The van der Waals surface area contributed by atoms with E-state index in [9.17, 15) is 0 Å². The van der Waals surface area contributed by atoms with E-state index in [4.69, 9.17) is 4.42 Å². The zero-order valence-corrected chi connectivity index (χ0v) is 39.9. The second-order valence-electron chi connectivity index (χ2n) is 19.9. The molecule has 11 aromatic carbocycles. The van der Waals surface area contributed by atoms with Crippen molar-refractivity contribution in [3.05, 3.63) is 254 Å². The number of nitrogens with zero attached hydrogens (tertiary/aromatic N) is 2. The molecular formula is C69H46N2O. The molecule has 0 N–H and O–H groups in total. The number of benzene rings is 11. The molecule has 15 rings (SSSR count). The van der Waals surface area contributed by atoms with E-state index < -0.39 is 0 Å². The lowest BCUT2D eigenvalue weighted by atomic mass is 9.80. The molecule has 3 heteroatoms. The summed E-state index contributed by atoms with van der Waals surface area (Å²) in [6, 6.07) is 89.2. The molecule has 0 fully saturated rings. The highest BCUT2D eigenvalue weighted by Crippen LogP contribution is 2.56. The third-order valence-corrected chi connectivity index (χ3v) is 15.8. The molecule has 13 aromatic rings. The smallest absolute Gasteiger partial charge is 0.159 e. The van der Waals surface area contributed by atoms with Gasteiger partial charge in [-0.1, -0.05) is 208 Å². The van der Waals surface area contributed by atoms with Gasteiger partial charge in [0.1, 0.15) is 5.58 Å². The van der Waals surface area contributed by atoms with Crippen LogP contribution in [0, 0.1) is 0 Å². The maximum Gasteiger partial charge on any atom is 0.159 e. The van der Waals surface area contributed by atoms with E-state index in [1.54, 1.807) is 0 Å². The Morgan fingerprint density at radius 2 is 0.819 bits per heavy atom. The van der Waals surface area contributed by atoms with Crippen molar-refractivity contribution in [2.24, 2.45) is 0 Å². The average molecular weight is 919 g/mol. The Balaban J connectivity index is 0.965. The Bertz CT molecular complexity index is 4310. The van der Waals surface area contributed by atoms with Crippen LogP contribution in [-0.4, -0.2) is 4.57 Å². The monoisotopic (exact) mass is 918 g/mol. The van der Waals surface area contributed by atoms with Crippen LogP contribution in [0.5, 0.6) is 0 Å². The van der Waals surface area contributed by atoms with E-state index in [0.717, 1.165) is 55.8 Å². The normalized spacial score (nSPS) is 13.0. The molecule has 3 nitrogen and oxygen atoms in total. The molecular weight excluding hydrogens is 873 g/mol. The van der Waals surface area contributed by atoms with Crippen molar-refractivity contribution < 1.29 is 4.42 Å². The van der Waals surface area contributed by atoms with Crippen molar-refractivity contribution in [1.82, 2.24) is 4.57 Å². The SMILES string of the molecule is CC1(C)c2ccccc2-c2ccc(N(c3cccc4c3-c3ccccc3-c3ccccc3-c3ccccc3-4)c3cccc4c3oc3c(-c5ccc(-n6c7ccccc7c7ccccc76)cc5)cccc34)cc21. The summed E-state index contributed by atoms with van der Waals surface area (Å²) >= 11 is 0. The molecule has 2 aromatic heterocycles. The molecule has 2 aliphatic rings. The summed E-state index contributed by atoms with van der Waals surface area (Å²) in [7, 11) is 0. The minimum absolute atomic E-state index is 0.203. The number of furan rings is 1. The molecule has 2 aliphatic carbocycles. The van der Waals surface area contributed by atoms with E-state index in [1.807, 2.05) is 0 Å². The van der Waals surface area contributed by atoms with Crippen LogP contribution < -0.4 is 4.90 Å². The standard InChI is InChI=1S/C69H46N2O/c1-69(2)60-31-12-9-23-52(60)53-41-40-45(42-61(53)69)71(64-34-16-28-57-51-21-6-5-20-49(51)47-18-3-4-19-48(47)50-22-7-8-26-56(50)66(57)64)65-35-17-30-59-58-29-15-27-46(67(58)72-68(59)65)43-36-38-44(39-37-43)70-62-32-13-10-24-54(62)55-25-11-14-33-63(55)70/h3-42H,1-2H3. The van der Waals surface area contributed by atoms with Gasteiger partial charge in [0.25, 0.3) is 0 Å². The first-order valence-electron chi connectivity index (χ1n) is 25.0. The van der Waals surface area contributed by atoms with Gasteiger partial charge in [-0.2, -0.15) is 0 Å². The van der Waals surface area contributed by atoms with Crippen LogP contribution in [0.2, 0.25) is 0 Å². The maximum atomic E-state index is 7.41. The third kappa shape index (κ3) is 5.79. The van der Waals surface area contributed by atoms with Crippen molar-refractivity contribution in [2.45, 2.75) is 19.3 Å². The van der Waals surface area contributed by atoms with Crippen molar-refractivity contribution in [3.63, 3.8) is 0 Å². The zero-order valence-electron chi connectivity index (χ0n) is 39.9. The summed E-state index contributed by atoms with van der Waals surface area (Å²) < 4.78 is 9.78. The molecule has 338 valence electrons. The summed E-state index contributed by atoms with van der Waals surface area (Å²) in [4.78, 5) is 2.48. The van der Waals surface area contributed by atoms with Gasteiger partial charge >= 0.3 is 0 Å². The fourth-order valence-corrected chi connectivity index (χ4v) is 12.5. The van der Waals surface area contributed by atoms with Crippen molar-refractivity contribution in [3.8, 4) is 72.4 Å². The molecule has 0 radical (unpaired) electrons. The van der Waals surface area contributed by atoms with Gasteiger partial charge in [0.2, 0.25) is 0 Å². The van der Waals surface area contributed by atoms with Crippen LogP contribution in [0.25, 0.3) is 116 Å². The number of rotatable bonds is 5. The molecule has 0 saturated heterocycles. The molecule has 0 atom stereocenters. The van der Waals surface area contributed by atoms with E-state index >= 15 is 0 Å². The number of para-hydroxylation sites is 4. The molecule has 2 heterocycles. The minimum atomic E-state index is -0.203. The molecule has 0 amide bonds. The molecule has 0 bridgehead atoms. The highest BCUT2D eigenvalue weighted by Gasteiger charge is 2.37. The van der Waals surface area contributed by atoms with Crippen molar-refractivity contribution >= 4 is 60.8 Å². The summed E-state index contributed by atoms with van der Waals surface area (Å²) in [6.45, 7) is 4.73. The molecule has 0 aliphatic heterocycles. The maximum absolute atomic E-state index is 7.41. The van der Waals surface area contributed by atoms with E-state index in [1.165, 1.54) is 88.6 Å². The lowest BCUT2D eigenvalue weighted by Crippen LogP contribution is -2.17. The highest BCUT2D eigenvalue weighted by atomic mass is 16.3. The first-order valence-corrected chi connectivity index (χ1v) is 25.0. The Kier molecular flexibility index (Phi) is 8.71. The first kappa shape index (κ1) is 40.7. The van der Waals surface area contributed by atoms with Crippen LogP contribution in [0.15, 0.2) is 247 Å². The van der Waals surface area contributed by atoms with Crippen LogP contribution >= 0.6 is 0 Å². The number of fused-ring (bicyclic) bond motifs is 17. The fourth-order valence-electron chi connectivity index (χ4n) is 12.5. The van der Waals surface area contributed by atoms with Crippen LogP contribution in [0.4, 0.5) is 17.1 Å². The summed E-state index contributed by atoms with van der Waals surface area (Å²) in [5, 5.41) is 4.66. The third-order valence-electron chi connectivity index (χ3n) is 15.8. The lowest BCUT2D eigenvalue weighted by molar-refractivity contribution is 0.660. The Morgan fingerprint density at radius 3 is 1.50 bits per heavy atom. The first-order chi connectivity index (χ1) is 35.5. The highest BCUT2D eigenvalue weighted by molar-refractivity contribution is 6.15. The van der Waals surface area contributed by atoms with E-state index in [0.29, 0.717) is 0 Å². The molecule has 0 spiro atoms. The van der Waals surface area contributed by atoms with Gasteiger partial charge < -0.3 is 13.9 Å². The molecule has 0 saturated carbocycles. The van der Waals surface area contributed by atoms with Crippen LogP contribution in [0.1, 0.15) is 25.0 Å². The van der Waals surface area contributed by atoms with Gasteiger partial charge in [-0.05, 0) is 115 Å². The van der Waals surface area contributed by atoms with Gasteiger partial charge in [0.15, 0.2) is 5.58 Å². The Hall–Kier alpha value is -9.18. The van der Waals surface area contributed by atoms with Gasteiger partial charge in [-0.25, -0.2) is 0 Å². The average Bonchev–Trinajstić information content (AvgIpc) is 4.06. The molecule has 0 unspecified atom stereocenters.